The minimum absolute atomic E-state index is 0. The summed E-state index contributed by atoms with van der Waals surface area (Å²) in [6.45, 7) is 5.44. The van der Waals surface area contributed by atoms with Crippen molar-refractivity contribution in [2.45, 2.75) is 39.2 Å². The van der Waals surface area contributed by atoms with Crippen LogP contribution in [0.3, 0.4) is 0 Å². The van der Waals surface area contributed by atoms with Gasteiger partial charge in [0.15, 0.2) is 5.96 Å². The summed E-state index contributed by atoms with van der Waals surface area (Å²) < 4.78 is 22.2. The normalized spacial score (nSPS) is 13.0. The van der Waals surface area contributed by atoms with Gasteiger partial charge in [-0.3, -0.25) is 4.99 Å². The maximum Gasteiger partial charge on any atom is 0.191 e. The summed E-state index contributed by atoms with van der Waals surface area (Å²) in [6, 6.07) is 10.7. The van der Waals surface area contributed by atoms with E-state index < -0.39 is 9.84 Å². The van der Waals surface area contributed by atoms with Crippen LogP contribution in [0, 0.1) is 0 Å². The second kappa shape index (κ2) is 12.5. The molecule has 138 valence electrons. The smallest absolute Gasteiger partial charge is 0.191 e. The Labute approximate surface area is 163 Å². The Balaban J connectivity index is 0.00000529. The van der Waals surface area contributed by atoms with Gasteiger partial charge < -0.3 is 10.6 Å². The molecule has 0 radical (unpaired) electrons. The quantitative estimate of drug-likeness (QED) is 0.254. The van der Waals surface area contributed by atoms with Crippen molar-refractivity contribution in [3.05, 3.63) is 35.9 Å². The highest BCUT2D eigenvalue weighted by atomic mass is 127. The van der Waals surface area contributed by atoms with Gasteiger partial charge >= 0.3 is 0 Å². The Kier molecular flexibility index (Phi) is 12.1. The molecule has 1 aromatic rings. The first-order valence-corrected chi connectivity index (χ1v) is 10.2. The first kappa shape index (κ1) is 23.2. The van der Waals surface area contributed by atoms with E-state index in [-0.39, 0.29) is 29.7 Å². The highest BCUT2D eigenvalue weighted by Crippen LogP contribution is 2.04. The predicted octanol–water partition coefficient (Wildman–Crippen LogP) is 2.62. The van der Waals surface area contributed by atoms with Crippen molar-refractivity contribution in [1.82, 2.24) is 10.6 Å². The van der Waals surface area contributed by atoms with Gasteiger partial charge in [-0.05, 0) is 38.7 Å². The minimum atomic E-state index is -2.91. The summed E-state index contributed by atoms with van der Waals surface area (Å²) in [5.74, 6) is 0.931. The van der Waals surface area contributed by atoms with Gasteiger partial charge in [-0.1, -0.05) is 30.3 Å². The van der Waals surface area contributed by atoms with Crippen molar-refractivity contribution >= 4 is 39.8 Å². The third-order valence-corrected chi connectivity index (χ3v) is 4.41. The van der Waals surface area contributed by atoms with E-state index in [9.17, 15) is 8.42 Å². The van der Waals surface area contributed by atoms with Gasteiger partial charge in [-0.2, -0.15) is 0 Å². The number of hydrogen-bond donors (Lipinski definition) is 2. The number of hydrogen-bond acceptors (Lipinski definition) is 3. The number of rotatable bonds is 9. The van der Waals surface area contributed by atoms with Crippen LogP contribution in [-0.2, 0) is 16.3 Å². The Morgan fingerprint density at radius 3 is 2.50 bits per heavy atom. The Bertz CT molecular complexity index is 577. The number of sulfone groups is 1. The molecule has 0 heterocycles. The molecule has 1 unspecified atom stereocenters. The molecule has 0 saturated carbocycles. The third kappa shape index (κ3) is 11.7. The van der Waals surface area contributed by atoms with Crippen LogP contribution in [0.25, 0.3) is 0 Å². The standard InChI is InChI=1S/C17H29N3O2S.HI/c1-4-18-17(19-13-8-14-23(3,21)22)20-15(2)11-12-16-9-6-5-7-10-16;/h5-7,9-10,15H,4,8,11-14H2,1-3H3,(H2,18,19,20);1H. The van der Waals surface area contributed by atoms with Gasteiger partial charge in [0.25, 0.3) is 0 Å². The molecule has 24 heavy (non-hydrogen) atoms. The van der Waals surface area contributed by atoms with Crippen LogP contribution in [0.1, 0.15) is 32.3 Å². The van der Waals surface area contributed by atoms with Crippen LogP contribution < -0.4 is 10.6 Å². The van der Waals surface area contributed by atoms with E-state index in [1.165, 1.54) is 11.8 Å². The van der Waals surface area contributed by atoms with Gasteiger partial charge in [0.2, 0.25) is 0 Å². The number of benzene rings is 1. The molecule has 0 fully saturated rings. The minimum Gasteiger partial charge on any atom is -0.357 e. The molecule has 0 amide bonds. The fraction of sp³-hybridized carbons (Fsp3) is 0.588. The van der Waals surface area contributed by atoms with Crippen LogP contribution >= 0.6 is 24.0 Å². The zero-order valence-electron chi connectivity index (χ0n) is 14.8. The van der Waals surface area contributed by atoms with Gasteiger partial charge in [0, 0.05) is 25.4 Å². The summed E-state index contributed by atoms with van der Waals surface area (Å²) in [4.78, 5) is 4.44. The van der Waals surface area contributed by atoms with E-state index in [2.05, 4.69) is 46.8 Å². The maximum absolute atomic E-state index is 11.1. The Morgan fingerprint density at radius 1 is 1.25 bits per heavy atom. The maximum atomic E-state index is 11.1. The topological polar surface area (TPSA) is 70.6 Å². The molecule has 5 nitrogen and oxygen atoms in total. The van der Waals surface area contributed by atoms with Gasteiger partial charge in [-0.15, -0.1) is 24.0 Å². The third-order valence-electron chi connectivity index (χ3n) is 3.38. The van der Waals surface area contributed by atoms with Gasteiger partial charge in [0.1, 0.15) is 9.84 Å². The lowest BCUT2D eigenvalue weighted by atomic mass is 10.1. The molecule has 1 rings (SSSR count). The first-order valence-electron chi connectivity index (χ1n) is 8.17. The number of aryl methyl sites for hydroxylation is 1. The molecule has 0 saturated heterocycles. The molecule has 0 aliphatic carbocycles. The second-order valence-electron chi connectivity index (χ2n) is 5.81. The zero-order valence-corrected chi connectivity index (χ0v) is 17.9. The Hall–Kier alpha value is -0.830. The summed E-state index contributed by atoms with van der Waals surface area (Å²) >= 11 is 0. The van der Waals surface area contributed by atoms with E-state index >= 15 is 0 Å². The van der Waals surface area contributed by atoms with Gasteiger partial charge in [-0.25, -0.2) is 8.42 Å². The highest BCUT2D eigenvalue weighted by Gasteiger charge is 2.06. The van der Waals surface area contributed by atoms with E-state index in [0.29, 0.717) is 19.0 Å². The molecule has 0 bridgehead atoms. The van der Waals surface area contributed by atoms with E-state index in [4.69, 9.17) is 0 Å². The van der Waals surface area contributed by atoms with Crippen LogP contribution in [0.4, 0.5) is 0 Å². The summed E-state index contributed by atoms with van der Waals surface area (Å²) in [5, 5.41) is 6.57. The molecule has 1 aromatic carbocycles. The molecule has 1 atom stereocenters. The predicted molar refractivity (Wildman–Crippen MR) is 113 cm³/mol. The van der Waals surface area contributed by atoms with Gasteiger partial charge in [0.05, 0.1) is 5.75 Å². The summed E-state index contributed by atoms with van der Waals surface area (Å²) in [5.41, 5.74) is 1.33. The van der Waals surface area contributed by atoms with Crippen molar-refractivity contribution in [3.63, 3.8) is 0 Å². The zero-order chi connectivity index (χ0) is 17.1. The second-order valence-corrected chi connectivity index (χ2v) is 8.07. The number of guanidine groups is 1. The average Bonchev–Trinajstić information content (AvgIpc) is 2.50. The molecule has 2 N–H and O–H groups in total. The first-order chi connectivity index (χ1) is 10.9. The SMILES string of the molecule is CCNC(=NCCCS(C)(=O)=O)NC(C)CCc1ccccc1.I. The molecule has 0 aliphatic heterocycles. The monoisotopic (exact) mass is 467 g/mol. The lowest BCUT2D eigenvalue weighted by molar-refractivity contribution is 0.591. The fourth-order valence-corrected chi connectivity index (χ4v) is 2.82. The lowest BCUT2D eigenvalue weighted by Gasteiger charge is -2.17. The van der Waals surface area contributed by atoms with Crippen LogP contribution in [0.15, 0.2) is 35.3 Å². The molecule has 7 heteroatoms. The molecule has 0 aromatic heterocycles. The molecule has 0 aliphatic rings. The number of nitrogens with one attached hydrogen (secondary N) is 2. The van der Waals surface area contributed by atoms with Crippen LogP contribution in [-0.4, -0.2) is 45.5 Å². The number of aliphatic imine (C=N–C) groups is 1. The van der Waals surface area contributed by atoms with E-state index in [1.54, 1.807) is 0 Å². The van der Waals surface area contributed by atoms with E-state index in [0.717, 1.165) is 25.3 Å². The lowest BCUT2D eigenvalue weighted by Crippen LogP contribution is -2.42. The van der Waals surface area contributed by atoms with E-state index in [1.807, 2.05) is 13.0 Å². The van der Waals surface area contributed by atoms with Crippen LogP contribution in [0.5, 0.6) is 0 Å². The van der Waals surface area contributed by atoms with Crippen molar-refractivity contribution in [1.29, 1.82) is 0 Å². The van der Waals surface area contributed by atoms with Crippen molar-refractivity contribution in [2.24, 2.45) is 4.99 Å². The summed E-state index contributed by atoms with van der Waals surface area (Å²) in [6.07, 6.45) is 3.83. The highest BCUT2D eigenvalue weighted by molar-refractivity contribution is 14.0. The fourth-order valence-electron chi connectivity index (χ4n) is 2.17. The van der Waals surface area contributed by atoms with Crippen molar-refractivity contribution < 1.29 is 8.42 Å². The molecule has 0 spiro atoms. The van der Waals surface area contributed by atoms with Crippen LogP contribution in [0.2, 0.25) is 0 Å². The average molecular weight is 467 g/mol. The Morgan fingerprint density at radius 2 is 1.92 bits per heavy atom. The molecular formula is C17H30IN3O2S. The van der Waals surface area contributed by atoms with Crippen molar-refractivity contribution in [3.8, 4) is 0 Å². The largest absolute Gasteiger partial charge is 0.357 e. The number of nitrogens with zero attached hydrogens (tertiary/aromatic N) is 1. The number of halogens is 1. The molecular weight excluding hydrogens is 437 g/mol. The summed E-state index contributed by atoms with van der Waals surface area (Å²) in [7, 11) is -2.91. The van der Waals surface area contributed by atoms with Crippen molar-refractivity contribution in [2.75, 3.05) is 25.1 Å².